The Labute approximate surface area is 170 Å². The van der Waals surface area contributed by atoms with Crippen LogP contribution in [0.5, 0.6) is 5.75 Å². The average Bonchev–Trinajstić information content (AvgIpc) is 3.04. The predicted molar refractivity (Wildman–Crippen MR) is 115 cm³/mol. The maximum Gasteiger partial charge on any atom is 0.275 e. The van der Waals surface area contributed by atoms with Gasteiger partial charge in [0.05, 0.1) is 20.5 Å². The second-order valence-electron chi connectivity index (χ2n) is 7.17. The van der Waals surface area contributed by atoms with Crippen LogP contribution in [0.4, 0.5) is 0 Å². The van der Waals surface area contributed by atoms with Crippen molar-refractivity contribution < 1.29 is 9.90 Å². The summed E-state index contributed by atoms with van der Waals surface area (Å²) in [4.78, 5) is 13.7. The molecule has 1 heterocycles. The van der Waals surface area contributed by atoms with Gasteiger partial charge in [0.25, 0.3) is 5.91 Å². The molecule has 1 aromatic heterocycles. The zero-order valence-corrected chi connectivity index (χ0v) is 18.0. The number of aromatic hydroxyl groups is 1. The molecule has 2 N–H and O–H groups in total. The van der Waals surface area contributed by atoms with E-state index in [2.05, 4.69) is 31.3 Å². The molecule has 0 spiro atoms. The minimum atomic E-state index is -0.409. The number of carbonyl (C=O) groups excluding carboxylic acids is 1. The van der Waals surface area contributed by atoms with Crippen molar-refractivity contribution in [2.75, 3.05) is 0 Å². The Morgan fingerprint density at radius 3 is 2.44 bits per heavy atom. The molecular weight excluding hydrogens is 380 g/mol. The third-order valence-corrected chi connectivity index (χ3v) is 5.61. The molecule has 27 heavy (non-hydrogen) atoms. The van der Waals surface area contributed by atoms with Gasteiger partial charge in [-0.15, -0.1) is 11.3 Å². The molecule has 1 amide bonds. The molecule has 2 rings (SSSR count). The predicted octanol–water partition coefficient (Wildman–Crippen LogP) is 6.29. The van der Waals surface area contributed by atoms with Gasteiger partial charge in [-0.3, -0.25) is 4.79 Å². The Bertz CT molecular complexity index is 841. The van der Waals surface area contributed by atoms with Crippen molar-refractivity contribution in [3.8, 4) is 5.75 Å². The number of nitrogens with one attached hydrogen (secondary N) is 1. The molecule has 0 saturated carbocycles. The van der Waals surface area contributed by atoms with Crippen LogP contribution >= 0.6 is 22.9 Å². The topological polar surface area (TPSA) is 61.7 Å². The van der Waals surface area contributed by atoms with Gasteiger partial charge in [-0.1, -0.05) is 58.7 Å². The third-order valence-electron chi connectivity index (χ3n) is 4.33. The monoisotopic (exact) mass is 406 g/mol. The van der Waals surface area contributed by atoms with E-state index in [0.29, 0.717) is 4.34 Å². The van der Waals surface area contributed by atoms with Crippen LogP contribution in [0.15, 0.2) is 29.4 Å². The molecule has 4 nitrogen and oxygen atoms in total. The molecule has 0 saturated heterocycles. The van der Waals surface area contributed by atoms with Crippen LogP contribution in [0.3, 0.4) is 0 Å². The molecule has 146 valence electrons. The molecular formula is C21H27ClN2O2S. The maximum absolute atomic E-state index is 12.8. The highest BCUT2D eigenvalue weighted by atomic mass is 35.5. The van der Waals surface area contributed by atoms with Crippen molar-refractivity contribution in [2.24, 2.45) is 5.10 Å². The first-order valence-electron chi connectivity index (χ1n) is 9.23. The molecule has 0 aliphatic carbocycles. The highest BCUT2D eigenvalue weighted by Crippen LogP contribution is 2.33. The Hall–Kier alpha value is -1.85. The van der Waals surface area contributed by atoms with Gasteiger partial charge in [0, 0.05) is 0 Å². The summed E-state index contributed by atoms with van der Waals surface area (Å²) >= 11 is 7.45. The first-order chi connectivity index (χ1) is 12.7. The number of amides is 1. The molecule has 0 bridgehead atoms. The number of hydrogen-bond donors (Lipinski definition) is 2. The number of thiophene rings is 1. The summed E-state index contributed by atoms with van der Waals surface area (Å²) in [6.45, 7) is 10.2. The number of phenols is 1. The number of rotatable bonds is 7. The number of benzene rings is 1. The van der Waals surface area contributed by atoms with Crippen molar-refractivity contribution in [3.63, 3.8) is 0 Å². The van der Waals surface area contributed by atoms with Crippen molar-refractivity contribution in [2.45, 2.75) is 59.3 Å². The quantitative estimate of drug-likeness (QED) is 0.419. The number of carbonyl (C=O) groups is 1. The molecule has 6 heteroatoms. The standard InChI is InChI=1S/C21H27ClN2O2S/c1-6-7-17(18-8-9-19(22)27-18)23-24-21(26)16-11-14(12(2)3)10-15(13(4)5)20(16)25/h8-13,25H,6-7H2,1-5H3,(H,24,26). The van der Waals surface area contributed by atoms with Crippen molar-refractivity contribution in [1.82, 2.24) is 5.43 Å². The lowest BCUT2D eigenvalue weighted by Crippen LogP contribution is -2.21. The normalized spacial score (nSPS) is 12.1. The van der Waals surface area contributed by atoms with E-state index in [4.69, 9.17) is 11.6 Å². The van der Waals surface area contributed by atoms with Crippen molar-refractivity contribution in [1.29, 1.82) is 0 Å². The molecule has 2 aromatic rings. The smallest absolute Gasteiger partial charge is 0.275 e. The van der Waals surface area contributed by atoms with Gasteiger partial charge in [0.15, 0.2) is 0 Å². The van der Waals surface area contributed by atoms with E-state index in [1.807, 2.05) is 32.0 Å². The maximum atomic E-state index is 12.8. The van der Waals surface area contributed by atoms with E-state index in [1.165, 1.54) is 11.3 Å². The Morgan fingerprint density at radius 2 is 1.93 bits per heavy atom. The summed E-state index contributed by atoms with van der Waals surface area (Å²) in [6, 6.07) is 7.45. The van der Waals surface area contributed by atoms with Gasteiger partial charge < -0.3 is 5.11 Å². The van der Waals surface area contributed by atoms with Crippen molar-refractivity contribution in [3.05, 3.63) is 50.2 Å². The lowest BCUT2D eigenvalue weighted by Gasteiger charge is -2.16. The summed E-state index contributed by atoms with van der Waals surface area (Å²) in [7, 11) is 0. The van der Waals surface area contributed by atoms with Crippen LogP contribution in [0.25, 0.3) is 0 Å². The molecule has 0 aliphatic heterocycles. The molecule has 0 fully saturated rings. The summed E-state index contributed by atoms with van der Waals surface area (Å²) < 4.78 is 0.684. The summed E-state index contributed by atoms with van der Waals surface area (Å²) in [5.74, 6) is -0.0174. The second-order valence-corrected chi connectivity index (χ2v) is 8.88. The third kappa shape index (κ3) is 5.33. The first-order valence-corrected chi connectivity index (χ1v) is 10.4. The van der Waals surface area contributed by atoms with Gasteiger partial charge in [-0.25, -0.2) is 5.43 Å². The Balaban J connectivity index is 2.36. The highest BCUT2D eigenvalue weighted by molar-refractivity contribution is 7.18. The van der Waals surface area contributed by atoms with Crippen LogP contribution in [-0.4, -0.2) is 16.7 Å². The summed E-state index contributed by atoms with van der Waals surface area (Å²) in [6.07, 6.45) is 1.63. The van der Waals surface area contributed by atoms with Crippen LogP contribution in [0, 0.1) is 0 Å². The SMILES string of the molecule is CCCC(=NNC(=O)c1cc(C(C)C)cc(C(C)C)c1O)c1ccc(Cl)s1. The van der Waals surface area contributed by atoms with Crippen LogP contribution < -0.4 is 5.43 Å². The minimum Gasteiger partial charge on any atom is -0.507 e. The van der Waals surface area contributed by atoms with E-state index >= 15 is 0 Å². The van der Waals surface area contributed by atoms with E-state index in [0.717, 1.165) is 34.6 Å². The summed E-state index contributed by atoms with van der Waals surface area (Å²) in [5, 5.41) is 14.9. The Kier molecular flexibility index (Phi) is 7.45. The largest absolute Gasteiger partial charge is 0.507 e. The molecule has 0 radical (unpaired) electrons. The van der Waals surface area contributed by atoms with E-state index in [1.54, 1.807) is 6.07 Å². The lowest BCUT2D eigenvalue weighted by molar-refractivity contribution is 0.0952. The fourth-order valence-electron chi connectivity index (χ4n) is 2.75. The van der Waals surface area contributed by atoms with Gasteiger partial charge in [0.2, 0.25) is 0 Å². The fourth-order valence-corrected chi connectivity index (χ4v) is 3.81. The molecule has 1 aromatic carbocycles. The van der Waals surface area contributed by atoms with E-state index in [-0.39, 0.29) is 23.1 Å². The van der Waals surface area contributed by atoms with Crippen LogP contribution in [0.2, 0.25) is 4.34 Å². The van der Waals surface area contributed by atoms with Gasteiger partial charge >= 0.3 is 0 Å². The fraction of sp³-hybridized carbons (Fsp3) is 0.429. The average molecular weight is 407 g/mol. The number of phenolic OH excluding ortho intramolecular Hbond substituents is 1. The van der Waals surface area contributed by atoms with Gasteiger partial charge in [-0.05, 0) is 47.6 Å². The van der Waals surface area contributed by atoms with Crippen LogP contribution in [-0.2, 0) is 0 Å². The lowest BCUT2D eigenvalue weighted by atomic mass is 9.92. The van der Waals surface area contributed by atoms with Gasteiger partial charge in [0.1, 0.15) is 5.75 Å². The van der Waals surface area contributed by atoms with Crippen LogP contribution in [0.1, 0.15) is 85.7 Å². The van der Waals surface area contributed by atoms with Gasteiger partial charge in [-0.2, -0.15) is 5.10 Å². The molecule has 0 atom stereocenters. The zero-order chi connectivity index (χ0) is 20.1. The van der Waals surface area contributed by atoms with E-state index < -0.39 is 5.91 Å². The number of hydrogen-bond acceptors (Lipinski definition) is 4. The second kappa shape index (κ2) is 9.38. The minimum absolute atomic E-state index is 0.0262. The molecule has 0 aliphatic rings. The van der Waals surface area contributed by atoms with E-state index in [9.17, 15) is 9.90 Å². The van der Waals surface area contributed by atoms with Crippen molar-refractivity contribution >= 4 is 34.6 Å². The summed E-state index contributed by atoms with van der Waals surface area (Å²) in [5.41, 5.74) is 5.45. The highest BCUT2D eigenvalue weighted by Gasteiger charge is 2.19. The molecule has 0 unspecified atom stereocenters. The number of halogens is 1. The number of hydrazone groups is 1. The number of nitrogens with zero attached hydrogens (tertiary/aromatic N) is 1. The zero-order valence-electron chi connectivity index (χ0n) is 16.5. The first kappa shape index (κ1) is 21.5. The Morgan fingerprint density at radius 1 is 1.22 bits per heavy atom.